The summed E-state index contributed by atoms with van der Waals surface area (Å²) in [6, 6.07) is 0. The predicted octanol–water partition coefficient (Wildman–Crippen LogP) is -6.73. The van der Waals surface area contributed by atoms with Gasteiger partial charge in [0, 0.05) is 0 Å². The molecule has 0 bridgehead atoms. The van der Waals surface area contributed by atoms with Crippen LogP contribution in [0.5, 0.6) is 0 Å². The average molecular weight is 186 g/mol. The first-order chi connectivity index (χ1) is 2.00. The third kappa shape index (κ3) is 18000. The van der Waals surface area contributed by atoms with Crippen LogP contribution in [0.1, 0.15) is 0 Å². The summed E-state index contributed by atoms with van der Waals surface area (Å²) in [5.41, 5.74) is 0. The molecular weight excluding hydrogens is 172 g/mol. The van der Waals surface area contributed by atoms with Gasteiger partial charge in [-0.15, -0.1) is 0 Å². The van der Waals surface area contributed by atoms with Gasteiger partial charge in [0.15, 0.2) is 0 Å². The van der Waals surface area contributed by atoms with E-state index in [9.17, 15) is 0 Å². The van der Waals surface area contributed by atoms with Gasteiger partial charge >= 0.3 is 9.05 Å². The summed E-state index contributed by atoms with van der Waals surface area (Å²) in [6.45, 7) is 0. The molecule has 0 aliphatic rings. The standard InChI is InChI=1S/H4O4Si.5H2O/c1-5(2,3)4;;;;;/h1-4H;5*1H2. The van der Waals surface area contributed by atoms with Crippen LogP contribution in [0.25, 0.3) is 0 Å². The van der Waals surface area contributed by atoms with Crippen molar-refractivity contribution in [3.8, 4) is 0 Å². The molecule has 0 radical (unpaired) electrons. The van der Waals surface area contributed by atoms with Gasteiger partial charge in [0.2, 0.25) is 0 Å². The van der Waals surface area contributed by atoms with E-state index in [1.807, 2.05) is 0 Å². The van der Waals surface area contributed by atoms with Gasteiger partial charge in [-0.25, -0.2) is 0 Å². The van der Waals surface area contributed by atoms with E-state index in [1.54, 1.807) is 0 Å². The lowest BCUT2D eigenvalue weighted by Gasteiger charge is -1.91. The molecule has 0 unspecified atom stereocenters. The van der Waals surface area contributed by atoms with Crippen molar-refractivity contribution in [3.63, 3.8) is 0 Å². The van der Waals surface area contributed by atoms with Crippen molar-refractivity contribution < 1.29 is 46.6 Å². The highest BCUT2D eigenvalue weighted by atomic mass is 28.4. The molecule has 0 atom stereocenters. The minimum Gasteiger partial charge on any atom is -0.412 e. The molecule has 0 aromatic heterocycles. The number of hydrogen-bond acceptors (Lipinski definition) is 4. The Bertz CT molecular complexity index is 20.2. The van der Waals surface area contributed by atoms with Crippen LogP contribution >= 0.6 is 0 Å². The fourth-order valence-electron chi connectivity index (χ4n) is 0. The maximum Gasteiger partial charge on any atom is 0.668 e. The van der Waals surface area contributed by atoms with E-state index >= 15 is 0 Å². The van der Waals surface area contributed by atoms with Gasteiger partial charge in [-0.05, 0) is 0 Å². The van der Waals surface area contributed by atoms with Crippen LogP contribution in [0.3, 0.4) is 0 Å². The minimum absolute atomic E-state index is 0. The Morgan fingerprint density at radius 1 is 0.500 bits per heavy atom. The Labute approximate surface area is 56.8 Å². The van der Waals surface area contributed by atoms with Crippen LogP contribution in [0.4, 0.5) is 0 Å². The van der Waals surface area contributed by atoms with Crippen LogP contribution < -0.4 is 0 Å². The van der Waals surface area contributed by atoms with E-state index in [-0.39, 0.29) is 27.4 Å². The molecule has 10 heavy (non-hydrogen) atoms. The summed E-state index contributed by atoms with van der Waals surface area (Å²) in [6.07, 6.45) is 0. The molecule has 0 aliphatic carbocycles. The van der Waals surface area contributed by atoms with Crippen molar-refractivity contribution in [2.75, 3.05) is 0 Å². The van der Waals surface area contributed by atoms with Gasteiger partial charge in [-0.2, -0.15) is 0 Å². The van der Waals surface area contributed by atoms with Crippen molar-refractivity contribution in [3.05, 3.63) is 0 Å². The average Bonchev–Trinajstić information content (AvgIpc) is 0.722. The van der Waals surface area contributed by atoms with E-state index in [0.29, 0.717) is 0 Å². The summed E-state index contributed by atoms with van der Waals surface area (Å²) in [5.74, 6) is 0. The van der Waals surface area contributed by atoms with Crippen LogP contribution in [0, 0.1) is 0 Å². The molecule has 9 nitrogen and oxygen atoms in total. The second kappa shape index (κ2) is 15.9. The lowest BCUT2D eigenvalue weighted by molar-refractivity contribution is 0.117. The van der Waals surface area contributed by atoms with Gasteiger partial charge in [0.05, 0.1) is 0 Å². The summed E-state index contributed by atoms with van der Waals surface area (Å²) in [4.78, 5) is 29.3. The Morgan fingerprint density at radius 2 is 0.500 bits per heavy atom. The fraction of sp³-hybridized carbons (Fsp3) is 0. The van der Waals surface area contributed by atoms with Crippen LogP contribution in [0.15, 0.2) is 0 Å². The van der Waals surface area contributed by atoms with Crippen LogP contribution in [0.2, 0.25) is 0 Å². The van der Waals surface area contributed by atoms with Gasteiger partial charge < -0.3 is 46.6 Å². The monoisotopic (exact) mass is 186 g/mol. The second-order valence-electron chi connectivity index (χ2n) is 0.600. The molecule has 0 saturated heterocycles. The van der Waals surface area contributed by atoms with Crippen molar-refractivity contribution in [1.82, 2.24) is 0 Å². The summed E-state index contributed by atoms with van der Waals surface area (Å²) < 4.78 is 0. The quantitative estimate of drug-likeness (QED) is 0.269. The first-order valence-corrected chi connectivity index (χ1v) is 2.68. The first-order valence-electron chi connectivity index (χ1n) is 0.894. The Kier molecular flexibility index (Phi) is 82.8. The number of rotatable bonds is 0. The van der Waals surface area contributed by atoms with Crippen molar-refractivity contribution in [2.45, 2.75) is 0 Å². The van der Waals surface area contributed by atoms with Crippen molar-refractivity contribution in [1.29, 1.82) is 0 Å². The molecule has 0 fully saturated rings. The van der Waals surface area contributed by atoms with Crippen molar-refractivity contribution >= 4 is 9.05 Å². The van der Waals surface area contributed by atoms with Gasteiger partial charge in [-0.1, -0.05) is 0 Å². The van der Waals surface area contributed by atoms with Crippen LogP contribution in [-0.4, -0.2) is 55.6 Å². The highest BCUT2D eigenvalue weighted by molar-refractivity contribution is 6.46. The summed E-state index contributed by atoms with van der Waals surface area (Å²) in [5, 5.41) is 0. The Hall–Kier alpha value is -0.143. The molecule has 14 N–H and O–H groups in total. The maximum atomic E-state index is 7.33. The van der Waals surface area contributed by atoms with E-state index in [1.165, 1.54) is 0 Å². The lowest BCUT2D eigenvalue weighted by atomic mass is 15.7. The third-order valence-electron chi connectivity index (χ3n) is 0. The molecule has 72 valence electrons. The predicted molar refractivity (Wildman–Crippen MR) is 32.7 cm³/mol. The van der Waals surface area contributed by atoms with E-state index in [4.69, 9.17) is 19.2 Å². The van der Waals surface area contributed by atoms with E-state index in [0.717, 1.165) is 0 Å². The molecular formula is H14O9Si. The topological polar surface area (TPSA) is 238 Å². The van der Waals surface area contributed by atoms with Gasteiger partial charge in [0.1, 0.15) is 0 Å². The zero-order valence-corrected chi connectivity index (χ0v) is 5.79. The van der Waals surface area contributed by atoms with Crippen molar-refractivity contribution in [2.24, 2.45) is 0 Å². The highest BCUT2D eigenvalue weighted by Gasteiger charge is 2.22. The zero-order valence-electron chi connectivity index (χ0n) is 4.79. The Balaban J connectivity index is -0.00000000800. The summed E-state index contributed by atoms with van der Waals surface area (Å²) in [7, 11) is -4.61. The lowest BCUT2D eigenvalue weighted by Crippen LogP contribution is -2.33. The molecule has 10 heteroatoms. The molecule has 0 saturated carbocycles. The highest BCUT2D eigenvalue weighted by Crippen LogP contribution is 1.67. The maximum absolute atomic E-state index is 7.33. The molecule has 0 heterocycles. The fourth-order valence-corrected chi connectivity index (χ4v) is 0. The SMILES string of the molecule is O.O.O.O.O.O[Si](O)(O)O. The summed E-state index contributed by atoms with van der Waals surface area (Å²) >= 11 is 0. The smallest absolute Gasteiger partial charge is 0.412 e. The minimum atomic E-state index is -4.61. The van der Waals surface area contributed by atoms with E-state index in [2.05, 4.69) is 0 Å². The van der Waals surface area contributed by atoms with Crippen LogP contribution in [-0.2, 0) is 0 Å². The molecule has 0 aromatic carbocycles. The largest absolute Gasteiger partial charge is 0.668 e. The van der Waals surface area contributed by atoms with Gasteiger partial charge in [-0.3, -0.25) is 0 Å². The molecule has 0 aromatic rings. The molecule has 0 rings (SSSR count). The Morgan fingerprint density at radius 3 is 0.500 bits per heavy atom. The van der Waals surface area contributed by atoms with Gasteiger partial charge in [0.25, 0.3) is 0 Å². The third-order valence-corrected chi connectivity index (χ3v) is 0. The second-order valence-corrected chi connectivity index (χ2v) is 1.80. The molecule has 0 aliphatic heterocycles. The zero-order chi connectivity index (χ0) is 4.50. The normalized spacial score (nSPS) is 6.00. The molecule has 0 amide bonds. The number of hydrogen-bond donors (Lipinski definition) is 4. The molecule has 0 spiro atoms. The first kappa shape index (κ1) is 52.0. The van der Waals surface area contributed by atoms with E-state index < -0.39 is 9.05 Å².